The van der Waals surface area contributed by atoms with Crippen LogP contribution in [0.25, 0.3) is 33.1 Å². The molecule has 3 heteroatoms. The third-order valence-corrected chi connectivity index (χ3v) is 8.53. The molecule has 1 aliphatic heterocycles. The lowest BCUT2D eigenvalue weighted by atomic mass is 9.65. The lowest BCUT2D eigenvalue weighted by molar-refractivity contribution is 0.436. The van der Waals surface area contributed by atoms with E-state index in [1.54, 1.807) is 0 Å². The van der Waals surface area contributed by atoms with E-state index in [-0.39, 0.29) is 0 Å². The van der Waals surface area contributed by atoms with Crippen LogP contribution in [-0.4, -0.2) is 0 Å². The Morgan fingerprint density at radius 3 is 1.90 bits per heavy atom. The van der Waals surface area contributed by atoms with Crippen LogP contribution in [0.2, 0.25) is 0 Å². The summed E-state index contributed by atoms with van der Waals surface area (Å²) in [6.45, 7) is 0. The van der Waals surface area contributed by atoms with Crippen molar-refractivity contribution < 1.29 is 9.15 Å². The van der Waals surface area contributed by atoms with Crippen molar-refractivity contribution in [3.63, 3.8) is 0 Å². The van der Waals surface area contributed by atoms with E-state index in [0.717, 1.165) is 55.9 Å². The number of benzene rings is 6. The Bertz CT molecular complexity index is 2090. The van der Waals surface area contributed by atoms with Crippen molar-refractivity contribution >= 4 is 33.3 Å². The third-order valence-electron chi connectivity index (χ3n) is 8.53. The molecule has 40 heavy (non-hydrogen) atoms. The molecule has 3 nitrogen and oxygen atoms in total. The van der Waals surface area contributed by atoms with Crippen molar-refractivity contribution in [2.24, 2.45) is 0 Å². The summed E-state index contributed by atoms with van der Waals surface area (Å²) < 4.78 is 12.7. The summed E-state index contributed by atoms with van der Waals surface area (Å²) in [6.07, 6.45) is 0. The summed E-state index contributed by atoms with van der Waals surface area (Å²) >= 11 is 0. The Hall–Kier alpha value is -5.28. The molecular weight excluding hydrogens is 490 g/mol. The van der Waals surface area contributed by atoms with Gasteiger partial charge in [0.1, 0.15) is 22.7 Å². The van der Waals surface area contributed by atoms with Crippen LogP contribution in [0.3, 0.4) is 0 Å². The molecule has 0 saturated heterocycles. The van der Waals surface area contributed by atoms with Gasteiger partial charge in [0.25, 0.3) is 0 Å². The van der Waals surface area contributed by atoms with Gasteiger partial charge >= 0.3 is 0 Å². The maximum Gasteiger partial charge on any atom is 0.137 e. The number of hydrogen-bond donors (Lipinski definition) is 1. The summed E-state index contributed by atoms with van der Waals surface area (Å²) in [4.78, 5) is 0. The van der Waals surface area contributed by atoms with E-state index in [2.05, 4.69) is 121 Å². The normalized spacial score (nSPS) is 13.9. The maximum atomic E-state index is 6.51. The fraction of sp³-hybridized carbons (Fsp3) is 0.0270. The van der Waals surface area contributed by atoms with Gasteiger partial charge in [-0.15, -0.1) is 0 Å². The Morgan fingerprint density at radius 2 is 1.07 bits per heavy atom. The van der Waals surface area contributed by atoms with E-state index >= 15 is 0 Å². The second kappa shape index (κ2) is 7.87. The summed E-state index contributed by atoms with van der Waals surface area (Å²) in [5, 5.41) is 6.09. The fourth-order valence-corrected chi connectivity index (χ4v) is 7.04. The first kappa shape index (κ1) is 21.6. The van der Waals surface area contributed by atoms with Crippen molar-refractivity contribution in [3.05, 3.63) is 156 Å². The van der Waals surface area contributed by atoms with Crippen LogP contribution in [-0.2, 0) is 5.41 Å². The fourth-order valence-electron chi connectivity index (χ4n) is 7.04. The standard InChI is InChI=1S/C37H23NO2/c1-3-14-26-23(11-1)24-13-9-18-30(38-29-17-10-22-34-35(29)25-12-2-6-19-31(25)39-34)36(24)37(26)27-15-4-7-20-32(27)40-33-21-8-5-16-28(33)37/h1-22,38H. The Balaban J connectivity index is 1.38. The van der Waals surface area contributed by atoms with Crippen molar-refractivity contribution in [2.75, 3.05) is 5.32 Å². The highest BCUT2D eigenvalue weighted by molar-refractivity contribution is 6.12. The van der Waals surface area contributed by atoms with E-state index in [0.29, 0.717) is 0 Å². The minimum atomic E-state index is -0.534. The summed E-state index contributed by atoms with van der Waals surface area (Å²) in [7, 11) is 0. The lowest BCUT2D eigenvalue weighted by Gasteiger charge is -2.40. The van der Waals surface area contributed by atoms with Crippen LogP contribution in [0.5, 0.6) is 11.5 Å². The molecule has 0 saturated carbocycles. The van der Waals surface area contributed by atoms with E-state index < -0.39 is 5.41 Å². The van der Waals surface area contributed by atoms with Crippen molar-refractivity contribution in [3.8, 4) is 22.6 Å². The second-order valence-electron chi connectivity index (χ2n) is 10.5. The molecule has 0 atom stereocenters. The molecule has 1 aromatic heterocycles. The van der Waals surface area contributed by atoms with Gasteiger partial charge in [-0.1, -0.05) is 97.1 Å². The monoisotopic (exact) mass is 513 g/mol. The van der Waals surface area contributed by atoms with Gasteiger partial charge in [-0.3, -0.25) is 0 Å². The van der Waals surface area contributed by atoms with Crippen LogP contribution in [0, 0.1) is 0 Å². The smallest absolute Gasteiger partial charge is 0.137 e. The summed E-state index contributed by atoms with van der Waals surface area (Å²) in [5.74, 6) is 1.78. The molecule has 0 fully saturated rings. The largest absolute Gasteiger partial charge is 0.457 e. The molecule has 2 aliphatic rings. The van der Waals surface area contributed by atoms with Gasteiger partial charge in [0, 0.05) is 27.8 Å². The van der Waals surface area contributed by atoms with Gasteiger partial charge in [-0.2, -0.15) is 0 Å². The first-order valence-electron chi connectivity index (χ1n) is 13.6. The zero-order chi connectivity index (χ0) is 26.3. The maximum absolute atomic E-state index is 6.51. The molecule has 1 N–H and O–H groups in total. The van der Waals surface area contributed by atoms with Crippen molar-refractivity contribution in [2.45, 2.75) is 5.41 Å². The molecule has 188 valence electrons. The van der Waals surface area contributed by atoms with E-state index in [1.165, 1.54) is 22.3 Å². The predicted octanol–water partition coefficient (Wildman–Crippen LogP) is 9.80. The second-order valence-corrected chi connectivity index (χ2v) is 10.5. The molecule has 0 amide bonds. The highest BCUT2D eigenvalue weighted by atomic mass is 16.5. The molecule has 1 spiro atoms. The average molecular weight is 514 g/mol. The van der Waals surface area contributed by atoms with Crippen LogP contribution in [0.1, 0.15) is 22.3 Å². The molecule has 0 unspecified atom stereocenters. The highest BCUT2D eigenvalue weighted by Crippen LogP contribution is 2.63. The Labute approximate surface area is 231 Å². The SMILES string of the molecule is c1ccc2c(c1)Oc1ccccc1C21c2ccccc2-c2cccc(Nc3cccc4oc5ccccc5c34)c21. The summed E-state index contributed by atoms with van der Waals surface area (Å²) in [5.41, 5.74) is 10.6. The molecule has 2 heterocycles. The molecule has 1 aliphatic carbocycles. The number of nitrogens with one attached hydrogen (secondary N) is 1. The number of para-hydroxylation sites is 3. The highest BCUT2D eigenvalue weighted by Gasteiger charge is 2.52. The van der Waals surface area contributed by atoms with Crippen LogP contribution < -0.4 is 10.1 Å². The number of furan rings is 1. The minimum Gasteiger partial charge on any atom is -0.457 e. The number of anilines is 2. The van der Waals surface area contributed by atoms with Gasteiger partial charge in [0.05, 0.1) is 16.5 Å². The van der Waals surface area contributed by atoms with Gasteiger partial charge < -0.3 is 14.5 Å². The van der Waals surface area contributed by atoms with Gasteiger partial charge in [-0.25, -0.2) is 0 Å². The quantitative estimate of drug-likeness (QED) is 0.250. The number of ether oxygens (including phenoxy) is 1. The first-order valence-corrected chi connectivity index (χ1v) is 13.6. The lowest BCUT2D eigenvalue weighted by Crippen LogP contribution is -2.32. The van der Waals surface area contributed by atoms with E-state index in [9.17, 15) is 0 Å². The van der Waals surface area contributed by atoms with E-state index in [4.69, 9.17) is 9.15 Å². The molecule has 6 aromatic carbocycles. The summed E-state index contributed by atoms with van der Waals surface area (Å²) in [6, 6.07) is 46.9. The third kappa shape index (κ3) is 2.69. The zero-order valence-electron chi connectivity index (χ0n) is 21.5. The molecule has 0 radical (unpaired) electrons. The van der Waals surface area contributed by atoms with Crippen molar-refractivity contribution in [1.29, 1.82) is 0 Å². The Morgan fingerprint density at radius 1 is 0.475 bits per heavy atom. The topological polar surface area (TPSA) is 34.4 Å². The predicted molar refractivity (Wildman–Crippen MR) is 161 cm³/mol. The van der Waals surface area contributed by atoms with E-state index in [1.807, 2.05) is 18.2 Å². The first-order chi connectivity index (χ1) is 19.8. The molecular formula is C37H23NO2. The number of fused-ring (bicyclic) bond motifs is 12. The molecule has 9 rings (SSSR count). The van der Waals surface area contributed by atoms with Crippen molar-refractivity contribution in [1.82, 2.24) is 0 Å². The zero-order valence-corrected chi connectivity index (χ0v) is 21.5. The molecule has 0 bridgehead atoms. The Kier molecular flexibility index (Phi) is 4.26. The van der Waals surface area contributed by atoms with Crippen LogP contribution in [0.4, 0.5) is 11.4 Å². The number of hydrogen-bond acceptors (Lipinski definition) is 3. The van der Waals surface area contributed by atoms with Gasteiger partial charge in [0.15, 0.2) is 0 Å². The van der Waals surface area contributed by atoms with Crippen LogP contribution >= 0.6 is 0 Å². The van der Waals surface area contributed by atoms with Gasteiger partial charge in [-0.05, 0) is 53.1 Å². The van der Waals surface area contributed by atoms with Crippen LogP contribution in [0.15, 0.2) is 138 Å². The molecule has 7 aromatic rings. The minimum absolute atomic E-state index is 0.534. The number of rotatable bonds is 2. The average Bonchev–Trinajstić information content (AvgIpc) is 3.53. The van der Waals surface area contributed by atoms with Gasteiger partial charge in [0.2, 0.25) is 0 Å².